The van der Waals surface area contributed by atoms with Crippen molar-refractivity contribution in [3.63, 3.8) is 0 Å². The summed E-state index contributed by atoms with van der Waals surface area (Å²) < 4.78 is 6.68. The molecule has 0 aliphatic rings. The minimum absolute atomic E-state index is 0.472. The first-order valence-corrected chi connectivity index (χ1v) is 10.8. The number of rotatable bonds is 9. The molecule has 2 N–H and O–H groups in total. The average Bonchev–Trinajstić information content (AvgIpc) is 3.38. The Labute approximate surface area is 167 Å². The Morgan fingerprint density at radius 3 is 2.93 bits per heavy atom. The van der Waals surface area contributed by atoms with E-state index in [1.165, 1.54) is 0 Å². The number of oxazole rings is 1. The summed E-state index contributed by atoms with van der Waals surface area (Å²) in [5.41, 5.74) is 1.78. The van der Waals surface area contributed by atoms with E-state index in [1.54, 1.807) is 29.4 Å². The van der Waals surface area contributed by atoms with Crippen LogP contribution in [0.4, 0.5) is 0 Å². The fourth-order valence-electron chi connectivity index (χ4n) is 2.31. The number of thioether (sulfide) groups is 1. The van der Waals surface area contributed by atoms with Crippen molar-refractivity contribution in [3.05, 3.63) is 53.9 Å². The fourth-order valence-corrected chi connectivity index (χ4v) is 3.96. The maximum Gasteiger partial charge on any atom is 0.226 e. The third-order valence-electron chi connectivity index (χ3n) is 3.56. The van der Waals surface area contributed by atoms with Gasteiger partial charge in [0.25, 0.3) is 0 Å². The van der Waals surface area contributed by atoms with Crippen molar-refractivity contribution in [2.75, 3.05) is 18.8 Å². The summed E-state index contributed by atoms with van der Waals surface area (Å²) in [4.78, 5) is 13.4. The first-order valence-electron chi connectivity index (χ1n) is 8.89. The maximum absolute atomic E-state index is 5.56. The van der Waals surface area contributed by atoms with Gasteiger partial charge in [-0.1, -0.05) is 30.0 Å². The summed E-state index contributed by atoms with van der Waals surface area (Å²) in [7, 11) is 0. The van der Waals surface area contributed by atoms with E-state index >= 15 is 0 Å². The van der Waals surface area contributed by atoms with Crippen LogP contribution in [0.5, 0.6) is 0 Å². The number of benzene rings is 1. The molecule has 142 valence electrons. The first kappa shape index (κ1) is 19.4. The predicted octanol–water partition coefficient (Wildman–Crippen LogP) is 4.04. The molecule has 3 aromatic rings. The molecule has 2 aromatic heterocycles. The van der Waals surface area contributed by atoms with E-state index in [1.807, 2.05) is 41.9 Å². The second kappa shape index (κ2) is 10.7. The summed E-state index contributed by atoms with van der Waals surface area (Å²) in [5, 5.41) is 8.62. The molecule has 0 aliphatic heterocycles. The van der Waals surface area contributed by atoms with E-state index in [0.29, 0.717) is 12.4 Å². The van der Waals surface area contributed by atoms with Crippen molar-refractivity contribution in [2.24, 2.45) is 4.99 Å². The largest absolute Gasteiger partial charge is 0.444 e. The summed E-state index contributed by atoms with van der Waals surface area (Å²) in [6.45, 7) is 4.20. The zero-order chi connectivity index (χ0) is 18.7. The molecular weight excluding hydrogens is 378 g/mol. The van der Waals surface area contributed by atoms with E-state index < -0.39 is 0 Å². The van der Waals surface area contributed by atoms with Gasteiger partial charge in [0.1, 0.15) is 16.3 Å². The standard InChI is InChI=1S/C19H23N5OS2/c1-2-20-18(21-9-6-11-26-19-22-10-12-27-19)23-13-16-14-25-17(24-16)15-7-4-3-5-8-15/h3-5,7-8,10,12,14H,2,6,9,11,13H2,1H3,(H2,20,21,23). The molecule has 8 heteroatoms. The van der Waals surface area contributed by atoms with Crippen molar-refractivity contribution < 1.29 is 4.42 Å². The fraction of sp³-hybridized carbons (Fsp3) is 0.316. The summed E-state index contributed by atoms with van der Waals surface area (Å²) in [5.74, 6) is 2.45. The van der Waals surface area contributed by atoms with Gasteiger partial charge in [0.05, 0.1) is 6.54 Å². The van der Waals surface area contributed by atoms with Gasteiger partial charge in [-0.05, 0) is 25.5 Å². The monoisotopic (exact) mass is 401 g/mol. The van der Waals surface area contributed by atoms with Gasteiger partial charge in [-0.25, -0.2) is 15.0 Å². The molecule has 0 saturated carbocycles. The molecule has 2 heterocycles. The Morgan fingerprint density at radius 1 is 1.26 bits per heavy atom. The average molecular weight is 402 g/mol. The van der Waals surface area contributed by atoms with Gasteiger partial charge in [0.15, 0.2) is 5.96 Å². The zero-order valence-electron chi connectivity index (χ0n) is 15.2. The van der Waals surface area contributed by atoms with E-state index in [0.717, 1.165) is 46.8 Å². The molecule has 1 aromatic carbocycles. The number of guanidine groups is 1. The van der Waals surface area contributed by atoms with Gasteiger partial charge in [-0.15, -0.1) is 11.3 Å². The van der Waals surface area contributed by atoms with Crippen molar-refractivity contribution >= 4 is 29.1 Å². The highest BCUT2D eigenvalue weighted by Gasteiger charge is 2.06. The molecule has 27 heavy (non-hydrogen) atoms. The van der Waals surface area contributed by atoms with E-state index in [9.17, 15) is 0 Å². The Balaban J connectivity index is 1.46. The number of nitrogens with zero attached hydrogens (tertiary/aromatic N) is 3. The van der Waals surface area contributed by atoms with Crippen LogP contribution in [0.3, 0.4) is 0 Å². The molecule has 3 rings (SSSR count). The number of thiazole rings is 1. The molecule has 0 radical (unpaired) electrons. The van der Waals surface area contributed by atoms with Crippen LogP contribution in [-0.2, 0) is 6.54 Å². The van der Waals surface area contributed by atoms with Gasteiger partial charge in [0.2, 0.25) is 5.89 Å². The number of aromatic nitrogens is 2. The molecular formula is C19H23N5OS2. The van der Waals surface area contributed by atoms with Crippen LogP contribution < -0.4 is 10.6 Å². The molecule has 0 bridgehead atoms. The van der Waals surface area contributed by atoms with Gasteiger partial charge >= 0.3 is 0 Å². The minimum atomic E-state index is 0.472. The van der Waals surface area contributed by atoms with Crippen LogP contribution in [0, 0.1) is 0 Å². The molecule has 0 atom stereocenters. The quantitative estimate of drug-likeness (QED) is 0.244. The lowest BCUT2D eigenvalue weighted by molar-refractivity contribution is 0.572. The van der Waals surface area contributed by atoms with Crippen LogP contribution in [0.2, 0.25) is 0 Å². The Bertz CT molecular complexity index is 818. The summed E-state index contributed by atoms with van der Waals surface area (Å²) >= 11 is 3.47. The Hall–Kier alpha value is -2.32. The van der Waals surface area contributed by atoms with E-state index in [4.69, 9.17) is 4.42 Å². The number of hydrogen-bond donors (Lipinski definition) is 2. The van der Waals surface area contributed by atoms with Gasteiger partial charge in [-0.3, -0.25) is 0 Å². The van der Waals surface area contributed by atoms with Crippen LogP contribution in [0.15, 0.2) is 61.9 Å². The zero-order valence-corrected chi connectivity index (χ0v) is 16.9. The second-order valence-corrected chi connectivity index (χ2v) is 7.87. The Kier molecular flexibility index (Phi) is 7.73. The van der Waals surface area contributed by atoms with Crippen molar-refractivity contribution in [1.29, 1.82) is 0 Å². The third-order valence-corrected chi connectivity index (χ3v) is 5.62. The number of aliphatic imine (C=N–C) groups is 1. The second-order valence-electron chi connectivity index (χ2n) is 5.63. The van der Waals surface area contributed by atoms with Gasteiger partial charge in [0, 0.05) is 36.0 Å². The van der Waals surface area contributed by atoms with Crippen molar-refractivity contribution in [2.45, 2.75) is 24.2 Å². The minimum Gasteiger partial charge on any atom is -0.444 e. The molecule has 0 unspecified atom stereocenters. The third kappa shape index (κ3) is 6.41. The maximum atomic E-state index is 5.56. The smallest absolute Gasteiger partial charge is 0.226 e. The lowest BCUT2D eigenvalue weighted by Gasteiger charge is -2.10. The van der Waals surface area contributed by atoms with Crippen LogP contribution in [0.25, 0.3) is 11.5 Å². The van der Waals surface area contributed by atoms with Crippen LogP contribution in [0.1, 0.15) is 19.0 Å². The molecule has 0 spiro atoms. The highest BCUT2D eigenvalue weighted by atomic mass is 32.2. The summed E-state index contributed by atoms with van der Waals surface area (Å²) in [6, 6.07) is 9.87. The van der Waals surface area contributed by atoms with Crippen LogP contribution in [-0.4, -0.2) is 34.8 Å². The molecule has 6 nitrogen and oxygen atoms in total. The lowest BCUT2D eigenvalue weighted by Crippen LogP contribution is -2.37. The first-order chi connectivity index (χ1) is 13.3. The SMILES string of the molecule is CCNC(=NCc1coc(-c2ccccc2)n1)NCCCSc1nccs1. The van der Waals surface area contributed by atoms with Crippen molar-refractivity contribution in [3.8, 4) is 11.5 Å². The highest BCUT2D eigenvalue weighted by Crippen LogP contribution is 2.20. The number of hydrogen-bond acceptors (Lipinski definition) is 6. The van der Waals surface area contributed by atoms with Gasteiger partial charge < -0.3 is 15.1 Å². The highest BCUT2D eigenvalue weighted by molar-refractivity contribution is 8.00. The van der Waals surface area contributed by atoms with Crippen molar-refractivity contribution in [1.82, 2.24) is 20.6 Å². The number of nitrogens with one attached hydrogen (secondary N) is 2. The molecule has 0 amide bonds. The Morgan fingerprint density at radius 2 is 2.15 bits per heavy atom. The van der Waals surface area contributed by atoms with E-state index in [-0.39, 0.29) is 0 Å². The molecule has 0 fully saturated rings. The van der Waals surface area contributed by atoms with Gasteiger partial charge in [-0.2, -0.15) is 0 Å². The predicted molar refractivity (Wildman–Crippen MR) is 112 cm³/mol. The van der Waals surface area contributed by atoms with Crippen LogP contribution >= 0.6 is 23.1 Å². The topological polar surface area (TPSA) is 75.3 Å². The summed E-state index contributed by atoms with van der Waals surface area (Å²) in [6.07, 6.45) is 4.55. The lowest BCUT2D eigenvalue weighted by atomic mass is 10.2. The normalized spacial score (nSPS) is 11.5. The molecule has 0 saturated heterocycles. The molecule has 0 aliphatic carbocycles. The van der Waals surface area contributed by atoms with E-state index in [2.05, 4.69) is 32.5 Å².